The summed E-state index contributed by atoms with van der Waals surface area (Å²) >= 11 is 0. The molecule has 0 radical (unpaired) electrons. The average molecular weight is 300 g/mol. The van der Waals surface area contributed by atoms with E-state index in [0.717, 1.165) is 50.1 Å². The van der Waals surface area contributed by atoms with Crippen molar-refractivity contribution in [1.29, 1.82) is 0 Å². The van der Waals surface area contributed by atoms with E-state index < -0.39 is 0 Å². The molecule has 0 bridgehead atoms. The van der Waals surface area contributed by atoms with E-state index in [1.54, 1.807) is 0 Å². The highest BCUT2D eigenvalue weighted by Crippen LogP contribution is 2.14. The Morgan fingerprint density at radius 2 is 2.32 bits per heavy atom. The summed E-state index contributed by atoms with van der Waals surface area (Å²) in [6.07, 6.45) is 5.67. The lowest BCUT2D eigenvalue weighted by molar-refractivity contribution is -0.121. The monoisotopic (exact) mass is 300 g/mol. The molecule has 1 fully saturated rings. The lowest BCUT2D eigenvalue weighted by atomic mass is 10.0. The van der Waals surface area contributed by atoms with Crippen LogP contribution in [0.15, 0.2) is 30.6 Å². The number of carbonyl (C=O) groups is 1. The van der Waals surface area contributed by atoms with Crippen molar-refractivity contribution in [3.63, 3.8) is 0 Å². The van der Waals surface area contributed by atoms with Crippen LogP contribution in [0.5, 0.6) is 0 Å². The minimum atomic E-state index is 0.183. The standard InChI is InChI=1S/C17H24N4O/c22-17(7-6-14-8-10-18-12-14)19-9-3-11-21-13-20-15-4-1-2-5-16(15)21/h1-2,4-5,13-14,18H,3,6-12H2,(H,19,22). The summed E-state index contributed by atoms with van der Waals surface area (Å²) in [6, 6.07) is 8.13. The number of aryl methyl sites for hydroxylation is 1. The Hall–Kier alpha value is -1.88. The van der Waals surface area contributed by atoms with Gasteiger partial charge in [-0.15, -0.1) is 0 Å². The fourth-order valence-corrected chi connectivity index (χ4v) is 3.05. The number of benzene rings is 1. The first-order valence-corrected chi connectivity index (χ1v) is 8.20. The molecule has 1 amide bonds. The smallest absolute Gasteiger partial charge is 0.220 e. The van der Waals surface area contributed by atoms with Crippen molar-refractivity contribution in [2.75, 3.05) is 19.6 Å². The first-order chi connectivity index (χ1) is 10.8. The van der Waals surface area contributed by atoms with Crippen LogP contribution in [0.3, 0.4) is 0 Å². The number of imidazole rings is 1. The van der Waals surface area contributed by atoms with E-state index in [0.29, 0.717) is 12.3 Å². The molecular weight excluding hydrogens is 276 g/mol. The fourth-order valence-electron chi connectivity index (χ4n) is 3.05. The predicted molar refractivity (Wildman–Crippen MR) is 87.6 cm³/mol. The Labute approximate surface area is 131 Å². The first kappa shape index (κ1) is 15.0. The second-order valence-electron chi connectivity index (χ2n) is 6.03. The highest BCUT2D eigenvalue weighted by molar-refractivity contribution is 5.76. The number of aromatic nitrogens is 2. The Morgan fingerprint density at radius 3 is 3.18 bits per heavy atom. The molecule has 3 rings (SSSR count). The first-order valence-electron chi connectivity index (χ1n) is 8.20. The van der Waals surface area contributed by atoms with Gasteiger partial charge in [-0.05, 0) is 50.4 Å². The topological polar surface area (TPSA) is 59.0 Å². The number of para-hydroxylation sites is 2. The molecule has 1 aliphatic rings. The minimum Gasteiger partial charge on any atom is -0.356 e. The van der Waals surface area contributed by atoms with E-state index in [4.69, 9.17) is 0 Å². The van der Waals surface area contributed by atoms with E-state index in [9.17, 15) is 4.79 Å². The molecule has 2 N–H and O–H groups in total. The van der Waals surface area contributed by atoms with Gasteiger partial charge in [-0.25, -0.2) is 4.98 Å². The highest BCUT2D eigenvalue weighted by atomic mass is 16.1. The molecule has 2 heterocycles. The molecule has 0 aliphatic carbocycles. The third-order valence-electron chi connectivity index (χ3n) is 4.37. The molecule has 5 nitrogen and oxygen atoms in total. The van der Waals surface area contributed by atoms with Gasteiger partial charge in [-0.1, -0.05) is 12.1 Å². The number of fused-ring (bicyclic) bond motifs is 1. The second kappa shape index (κ2) is 7.40. The SMILES string of the molecule is O=C(CCC1CCNC1)NCCCn1cnc2ccccc21. The van der Waals surface area contributed by atoms with E-state index >= 15 is 0 Å². The van der Waals surface area contributed by atoms with Crippen molar-refractivity contribution in [2.45, 2.75) is 32.2 Å². The van der Waals surface area contributed by atoms with Crippen LogP contribution in [-0.2, 0) is 11.3 Å². The Balaban J connectivity index is 1.35. The van der Waals surface area contributed by atoms with Gasteiger partial charge in [-0.2, -0.15) is 0 Å². The number of nitrogens with one attached hydrogen (secondary N) is 2. The second-order valence-corrected chi connectivity index (χ2v) is 6.03. The Kier molecular flexibility index (Phi) is 5.06. The molecular formula is C17H24N4O. The number of nitrogens with zero attached hydrogens (tertiary/aromatic N) is 2. The predicted octanol–water partition coefficient (Wildman–Crippen LogP) is 1.93. The number of amides is 1. The third-order valence-corrected chi connectivity index (χ3v) is 4.37. The molecule has 1 aromatic carbocycles. The summed E-state index contributed by atoms with van der Waals surface area (Å²) in [4.78, 5) is 16.2. The van der Waals surface area contributed by atoms with Crippen LogP contribution in [-0.4, -0.2) is 35.1 Å². The average Bonchev–Trinajstić information content (AvgIpc) is 3.19. The van der Waals surface area contributed by atoms with Crippen molar-refractivity contribution in [3.8, 4) is 0 Å². The lowest BCUT2D eigenvalue weighted by Gasteiger charge is -2.09. The largest absolute Gasteiger partial charge is 0.356 e. The molecule has 5 heteroatoms. The fraction of sp³-hybridized carbons (Fsp3) is 0.529. The molecule has 118 valence electrons. The molecule has 2 aromatic rings. The Morgan fingerprint density at radius 1 is 1.41 bits per heavy atom. The van der Waals surface area contributed by atoms with E-state index in [-0.39, 0.29) is 5.91 Å². The van der Waals surface area contributed by atoms with Gasteiger partial charge in [0.25, 0.3) is 0 Å². The summed E-state index contributed by atoms with van der Waals surface area (Å²) in [5, 5.41) is 6.36. The van der Waals surface area contributed by atoms with Gasteiger partial charge in [0.05, 0.1) is 17.4 Å². The van der Waals surface area contributed by atoms with Crippen LogP contribution >= 0.6 is 0 Å². The number of rotatable bonds is 7. The molecule has 0 saturated carbocycles. The quantitative estimate of drug-likeness (QED) is 0.768. The molecule has 1 aromatic heterocycles. The van der Waals surface area contributed by atoms with Crippen LogP contribution < -0.4 is 10.6 Å². The van der Waals surface area contributed by atoms with Gasteiger partial charge in [0, 0.05) is 19.5 Å². The van der Waals surface area contributed by atoms with Crippen molar-refractivity contribution < 1.29 is 4.79 Å². The summed E-state index contributed by atoms with van der Waals surface area (Å²) in [6.45, 7) is 3.79. The van der Waals surface area contributed by atoms with Crippen molar-refractivity contribution in [3.05, 3.63) is 30.6 Å². The molecule has 1 saturated heterocycles. The van der Waals surface area contributed by atoms with Gasteiger partial charge in [-0.3, -0.25) is 4.79 Å². The van der Waals surface area contributed by atoms with Gasteiger partial charge in [0.15, 0.2) is 0 Å². The maximum absolute atomic E-state index is 11.8. The number of carbonyl (C=O) groups excluding carboxylic acids is 1. The zero-order chi connectivity index (χ0) is 15.2. The molecule has 1 aliphatic heterocycles. The number of hydrogen-bond donors (Lipinski definition) is 2. The van der Waals surface area contributed by atoms with Gasteiger partial charge >= 0.3 is 0 Å². The summed E-state index contributed by atoms with van der Waals surface area (Å²) in [5.74, 6) is 0.866. The van der Waals surface area contributed by atoms with Crippen molar-refractivity contribution in [1.82, 2.24) is 20.2 Å². The molecule has 1 atom stereocenters. The molecule has 0 spiro atoms. The van der Waals surface area contributed by atoms with E-state index in [1.807, 2.05) is 24.5 Å². The highest BCUT2D eigenvalue weighted by Gasteiger charge is 2.15. The van der Waals surface area contributed by atoms with Gasteiger partial charge in [0.1, 0.15) is 0 Å². The lowest BCUT2D eigenvalue weighted by Crippen LogP contribution is -2.25. The molecule has 1 unspecified atom stereocenters. The van der Waals surface area contributed by atoms with Gasteiger partial charge in [0.2, 0.25) is 5.91 Å². The minimum absolute atomic E-state index is 0.183. The maximum Gasteiger partial charge on any atom is 0.220 e. The normalized spacial score (nSPS) is 17.9. The van der Waals surface area contributed by atoms with Crippen LogP contribution in [0.25, 0.3) is 11.0 Å². The molecule has 22 heavy (non-hydrogen) atoms. The van der Waals surface area contributed by atoms with Gasteiger partial charge < -0.3 is 15.2 Å². The van der Waals surface area contributed by atoms with Crippen molar-refractivity contribution in [2.24, 2.45) is 5.92 Å². The summed E-state index contributed by atoms with van der Waals surface area (Å²) < 4.78 is 2.14. The van der Waals surface area contributed by atoms with Crippen LogP contribution in [0.2, 0.25) is 0 Å². The summed E-state index contributed by atoms with van der Waals surface area (Å²) in [7, 11) is 0. The van der Waals surface area contributed by atoms with E-state index in [1.165, 1.54) is 6.42 Å². The van der Waals surface area contributed by atoms with Crippen molar-refractivity contribution >= 4 is 16.9 Å². The van der Waals surface area contributed by atoms with Crippen LogP contribution in [0.4, 0.5) is 0 Å². The van der Waals surface area contributed by atoms with Crippen LogP contribution in [0.1, 0.15) is 25.7 Å². The Bertz CT molecular complexity index is 616. The zero-order valence-electron chi connectivity index (χ0n) is 12.9. The van der Waals surface area contributed by atoms with E-state index in [2.05, 4.69) is 26.3 Å². The number of hydrogen-bond acceptors (Lipinski definition) is 3. The maximum atomic E-state index is 11.8. The zero-order valence-corrected chi connectivity index (χ0v) is 12.9. The summed E-state index contributed by atoms with van der Waals surface area (Å²) in [5.41, 5.74) is 2.18. The van der Waals surface area contributed by atoms with Crippen LogP contribution in [0, 0.1) is 5.92 Å². The third kappa shape index (κ3) is 3.85.